The van der Waals surface area contributed by atoms with Crippen LogP contribution in [0, 0.1) is 0 Å². The molecule has 2 heterocycles. The van der Waals surface area contributed by atoms with E-state index in [0.717, 1.165) is 5.69 Å². The number of nitrogens with one attached hydrogen (secondary N) is 1. The highest BCUT2D eigenvalue weighted by Crippen LogP contribution is 2.26. The van der Waals surface area contributed by atoms with Gasteiger partial charge in [-0.15, -0.1) is 11.3 Å². The number of hydrogen-bond acceptors (Lipinski definition) is 7. The third-order valence-electron chi connectivity index (χ3n) is 5.13. The fourth-order valence-corrected chi connectivity index (χ4v) is 5.41. The largest absolute Gasteiger partial charge is 0.496 e. The Morgan fingerprint density at radius 1 is 1.12 bits per heavy atom. The molecule has 168 valence electrons. The number of carbonyl (C=O) groups excluding carboxylic acids is 1. The van der Waals surface area contributed by atoms with Crippen LogP contribution in [0.5, 0.6) is 5.75 Å². The number of nitrogens with zero attached hydrogens (tertiary/aromatic N) is 3. The zero-order chi connectivity index (χ0) is 22.7. The summed E-state index contributed by atoms with van der Waals surface area (Å²) in [7, 11) is -2.18. The minimum absolute atomic E-state index is 0.104. The van der Waals surface area contributed by atoms with Gasteiger partial charge in [0.15, 0.2) is 5.13 Å². The van der Waals surface area contributed by atoms with E-state index in [4.69, 9.17) is 16.3 Å². The summed E-state index contributed by atoms with van der Waals surface area (Å²) in [6.45, 7) is 2.34. The van der Waals surface area contributed by atoms with Crippen molar-refractivity contribution in [3.8, 4) is 5.75 Å². The molecule has 0 unspecified atom stereocenters. The summed E-state index contributed by atoms with van der Waals surface area (Å²) in [4.78, 5) is 20.9. The second kappa shape index (κ2) is 9.35. The van der Waals surface area contributed by atoms with Crippen LogP contribution in [0.2, 0.25) is 5.02 Å². The molecule has 1 N–H and O–H groups in total. The Hall–Kier alpha value is -2.82. The maximum atomic E-state index is 12.9. The van der Waals surface area contributed by atoms with Crippen molar-refractivity contribution in [2.75, 3.05) is 42.9 Å². The molecule has 0 radical (unpaired) electrons. The topological polar surface area (TPSA) is 91.8 Å². The van der Waals surface area contributed by atoms with E-state index in [-0.39, 0.29) is 10.8 Å². The van der Waals surface area contributed by atoms with Gasteiger partial charge in [-0.05, 0) is 42.5 Å². The molecule has 1 aromatic heterocycles. The summed E-state index contributed by atoms with van der Waals surface area (Å²) in [6, 6.07) is 11.7. The molecule has 1 amide bonds. The van der Waals surface area contributed by atoms with E-state index < -0.39 is 10.0 Å². The molecule has 1 saturated heterocycles. The number of rotatable bonds is 6. The molecule has 11 heteroatoms. The van der Waals surface area contributed by atoms with Crippen LogP contribution < -0.4 is 14.4 Å². The van der Waals surface area contributed by atoms with Gasteiger partial charge in [-0.2, -0.15) is 0 Å². The van der Waals surface area contributed by atoms with Crippen LogP contribution in [0.25, 0.3) is 0 Å². The highest BCUT2D eigenvalue weighted by Gasteiger charge is 2.25. The highest BCUT2D eigenvalue weighted by atomic mass is 35.5. The van der Waals surface area contributed by atoms with Gasteiger partial charge in [-0.25, -0.2) is 13.4 Å². The predicted octanol–water partition coefficient (Wildman–Crippen LogP) is 3.57. The van der Waals surface area contributed by atoms with E-state index in [1.165, 1.54) is 18.4 Å². The number of carbonyl (C=O) groups is 1. The Labute approximate surface area is 195 Å². The summed E-state index contributed by atoms with van der Waals surface area (Å²) in [5.41, 5.74) is 1.38. The monoisotopic (exact) mass is 492 g/mol. The Morgan fingerprint density at radius 2 is 1.84 bits per heavy atom. The molecule has 0 bridgehead atoms. The molecule has 3 aromatic rings. The minimum atomic E-state index is -3.69. The van der Waals surface area contributed by atoms with E-state index in [9.17, 15) is 13.2 Å². The number of methoxy groups -OCH3 is 1. The number of halogens is 1. The first-order valence-corrected chi connectivity index (χ1v) is 12.5. The zero-order valence-electron chi connectivity index (χ0n) is 17.2. The van der Waals surface area contributed by atoms with Crippen molar-refractivity contribution >= 4 is 49.7 Å². The van der Waals surface area contributed by atoms with Crippen molar-refractivity contribution in [3.63, 3.8) is 0 Å². The molecule has 0 atom stereocenters. The van der Waals surface area contributed by atoms with E-state index in [1.807, 2.05) is 0 Å². The van der Waals surface area contributed by atoms with Gasteiger partial charge in [0.1, 0.15) is 5.75 Å². The molecule has 0 spiro atoms. The number of thiazole rings is 1. The molecule has 1 aliphatic rings. The molecule has 1 fully saturated rings. The number of hydrogen-bond donors (Lipinski definition) is 1. The van der Waals surface area contributed by atoms with Crippen molar-refractivity contribution in [1.82, 2.24) is 9.88 Å². The van der Waals surface area contributed by atoms with E-state index in [2.05, 4.69) is 14.6 Å². The number of sulfonamides is 1. The maximum Gasteiger partial charge on any atom is 0.263 e. The van der Waals surface area contributed by atoms with Crippen LogP contribution in [0.1, 0.15) is 10.4 Å². The number of ether oxygens (including phenoxy) is 1. The van der Waals surface area contributed by atoms with Crippen LogP contribution in [0.15, 0.2) is 58.9 Å². The first kappa shape index (κ1) is 22.4. The van der Waals surface area contributed by atoms with Crippen molar-refractivity contribution in [2.45, 2.75) is 4.90 Å². The van der Waals surface area contributed by atoms with Gasteiger partial charge in [0.25, 0.3) is 15.9 Å². The number of aromatic nitrogens is 1. The van der Waals surface area contributed by atoms with Crippen molar-refractivity contribution in [3.05, 3.63) is 64.6 Å². The Kier molecular flexibility index (Phi) is 6.54. The van der Waals surface area contributed by atoms with Gasteiger partial charge in [0.05, 0.1) is 17.6 Å². The third-order valence-corrected chi connectivity index (χ3v) is 7.53. The molecular formula is C21H21ClN4O4S2. The minimum Gasteiger partial charge on any atom is -0.496 e. The SMILES string of the molecule is COc1cc(Cl)ccc1C(=O)N1CCN(c2ccc(S(=O)(=O)Nc3nccs3)cc2)CC1. The van der Waals surface area contributed by atoms with E-state index in [0.29, 0.717) is 47.6 Å². The first-order chi connectivity index (χ1) is 15.4. The van der Waals surface area contributed by atoms with Gasteiger partial charge >= 0.3 is 0 Å². The summed E-state index contributed by atoms with van der Waals surface area (Å²) in [6.07, 6.45) is 1.54. The van der Waals surface area contributed by atoms with Gasteiger partial charge in [-0.1, -0.05) is 11.6 Å². The fraction of sp³-hybridized carbons (Fsp3) is 0.238. The Balaban J connectivity index is 1.40. The van der Waals surface area contributed by atoms with Crippen molar-refractivity contribution in [2.24, 2.45) is 0 Å². The second-order valence-corrected chi connectivity index (χ2v) is 10.1. The lowest BCUT2D eigenvalue weighted by Gasteiger charge is -2.36. The molecule has 4 rings (SSSR count). The molecule has 32 heavy (non-hydrogen) atoms. The van der Waals surface area contributed by atoms with Crippen LogP contribution in [0.4, 0.5) is 10.8 Å². The van der Waals surface area contributed by atoms with Crippen molar-refractivity contribution < 1.29 is 17.9 Å². The predicted molar refractivity (Wildman–Crippen MR) is 125 cm³/mol. The average Bonchev–Trinajstić information content (AvgIpc) is 3.31. The number of amides is 1. The quantitative estimate of drug-likeness (QED) is 0.565. The molecular weight excluding hydrogens is 472 g/mol. The summed E-state index contributed by atoms with van der Waals surface area (Å²) in [5.74, 6) is 0.348. The van der Waals surface area contributed by atoms with Crippen molar-refractivity contribution in [1.29, 1.82) is 0 Å². The number of anilines is 2. The van der Waals surface area contributed by atoms with Crippen LogP contribution in [-0.4, -0.2) is 57.5 Å². The fourth-order valence-electron chi connectivity index (χ4n) is 3.46. The number of piperazine rings is 1. The van der Waals surface area contributed by atoms with E-state index >= 15 is 0 Å². The lowest BCUT2D eigenvalue weighted by atomic mass is 10.1. The maximum absolute atomic E-state index is 12.9. The first-order valence-electron chi connectivity index (χ1n) is 9.77. The third kappa shape index (κ3) is 4.82. The van der Waals surface area contributed by atoms with Crippen LogP contribution >= 0.6 is 22.9 Å². The Morgan fingerprint density at radius 3 is 2.47 bits per heavy atom. The summed E-state index contributed by atoms with van der Waals surface area (Å²) < 4.78 is 32.7. The van der Waals surface area contributed by atoms with Gasteiger partial charge in [0, 0.05) is 48.5 Å². The normalized spacial score (nSPS) is 14.3. The molecule has 1 aliphatic heterocycles. The van der Waals surface area contributed by atoms with Crippen LogP contribution in [0.3, 0.4) is 0 Å². The molecule has 0 aliphatic carbocycles. The Bertz CT molecular complexity index is 1190. The number of benzene rings is 2. The van der Waals surface area contributed by atoms with E-state index in [1.54, 1.807) is 58.9 Å². The summed E-state index contributed by atoms with van der Waals surface area (Å²) >= 11 is 7.21. The van der Waals surface area contributed by atoms with Gasteiger partial charge in [0.2, 0.25) is 0 Å². The lowest BCUT2D eigenvalue weighted by Crippen LogP contribution is -2.48. The lowest BCUT2D eigenvalue weighted by molar-refractivity contribution is 0.0743. The average molecular weight is 493 g/mol. The molecule has 0 saturated carbocycles. The smallest absolute Gasteiger partial charge is 0.263 e. The second-order valence-electron chi connectivity index (χ2n) is 7.06. The molecule has 8 nitrogen and oxygen atoms in total. The van der Waals surface area contributed by atoms with Gasteiger partial charge in [-0.3, -0.25) is 9.52 Å². The molecule has 2 aromatic carbocycles. The van der Waals surface area contributed by atoms with Gasteiger partial charge < -0.3 is 14.5 Å². The highest BCUT2D eigenvalue weighted by molar-refractivity contribution is 7.93. The standard InChI is InChI=1S/C21H21ClN4O4S2/c1-30-19-14-15(22)2-7-18(19)20(27)26-11-9-25(10-12-26)16-3-5-17(6-4-16)32(28,29)24-21-23-8-13-31-21/h2-8,13-14H,9-12H2,1H3,(H,23,24). The van der Waals surface area contributed by atoms with Crippen LogP contribution in [-0.2, 0) is 10.0 Å². The summed E-state index contributed by atoms with van der Waals surface area (Å²) in [5, 5.41) is 2.54. The zero-order valence-corrected chi connectivity index (χ0v) is 19.6.